The molecule has 26 heavy (non-hydrogen) atoms. The Hall–Kier alpha value is -2.19. The molecule has 8 heteroatoms. The molecule has 6 nitrogen and oxygen atoms in total. The van der Waals surface area contributed by atoms with Gasteiger partial charge in [0.05, 0.1) is 0 Å². The number of carbonyl (C=O) groups excluding carboxylic acids is 1. The highest BCUT2D eigenvalue weighted by atomic mass is 32.2. The van der Waals surface area contributed by atoms with Crippen LogP contribution in [0.15, 0.2) is 39.6 Å². The van der Waals surface area contributed by atoms with Crippen LogP contribution in [0.3, 0.4) is 0 Å². The molecule has 0 aliphatic carbocycles. The number of hydrogen-bond acceptors (Lipinski definition) is 4. The number of aryl methyl sites for hydroxylation is 2. The second kappa shape index (κ2) is 7.20. The minimum Gasteiger partial charge on any atom is -0.456 e. The number of hydrogen-bond donors (Lipinski definition) is 1. The fraction of sp³-hybridized carbons (Fsp3) is 0.389. The third-order valence-electron chi connectivity index (χ3n) is 4.46. The van der Waals surface area contributed by atoms with Gasteiger partial charge in [-0.3, -0.25) is 4.79 Å². The van der Waals surface area contributed by atoms with Crippen molar-refractivity contribution in [1.29, 1.82) is 0 Å². The zero-order chi connectivity index (χ0) is 18.9. The molecule has 0 spiro atoms. The summed E-state index contributed by atoms with van der Waals surface area (Å²) in [5.74, 6) is -0.182. The van der Waals surface area contributed by atoms with Crippen molar-refractivity contribution in [2.45, 2.75) is 37.6 Å². The molecule has 0 bridgehead atoms. The van der Waals surface area contributed by atoms with E-state index in [9.17, 15) is 17.6 Å². The van der Waals surface area contributed by atoms with E-state index in [-0.39, 0.29) is 35.7 Å². The van der Waals surface area contributed by atoms with Gasteiger partial charge < -0.3 is 9.73 Å². The number of nitrogens with one attached hydrogen (secondary N) is 1. The average Bonchev–Trinajstić information content (AvgIpc) is 3.04. The minimum atomic E-state index is -3.89. The Morgan fingerprint density at radius 1 is 1.19 bits per heavy atom. The SMILES string of the molecule is Cc1ccc(F)c(S(=O)(=O)N2CCC(NC(=O)c3ccc(C)o3)CC2)c1. The number of halogens is 1. The van der Waals surface area contributed by atoms with Gasteiger partial charge in [0.25, 0.3) is 5.91 Å². The van der Waals surface area contributed by atoms with Gasteiger partial charge in [-0.25, -0.2) is 12.8 Å². The van der Waals surface area contributed by atoms with Crippen molar-refractivity contribution in [3.63, 3.8) is 0 Å². The molecule has 140 valence electrons. The third-order valence-corrected chi connectivity index (χ3v) is 6.37. The summed E-state index contributed by atoms with van der Waals surface area (Å²) in [6.45, 7) is 3.91. The van der Waals surface area contributed by atoms with Crippen LogP contribution in [0.5, 0.6) is 0 Å². The summed E-state index contributed by atoms with van der Waals surface area (Å²) in [5.41, 5.74) is 0.681. The van der Waals surface area contributed by atoms with Crippen LogP contribution in [-0.2, 0) is 10.0 Å². The Labute approximate surface area is 152 Å². The summed E-state index contributed by atoms with van der Waals surface area (Å²) < 4.78 is 45.9. The van der Waals surface area contributed by atoms with E-state index >= 15 is 0 Å². The summed E-state index contributed by atoms with van der Waals surface area (Å²) in [5, 5.41) is 2.85. The number of sulfonamides is 1. The summed E-state index contributed by atoms with van der Waals surface area (Å²) in [4.78, 5) is 11.8. The smallest absolute Gasteiger partial charge is 0.287 e. The molecule has 3 rings (SSSR count). The molecule has 1 saturated heterocycles. The molecule has 1 aliphatic heterocycles. The van der Waals surface area contributed by atoms with Gasteiger partial charge in [0.1, 0.15) is 16.5 Å². The Morgan fingerprint density at radius 2 is 1.88 bits per heavy atom. The average molecular weight is 380 g/mol. The quantitative estimate of drug-likeness (QED) is 0.884. The van der Waals surface area contributed by atoms with Gasteiger partial charge in [0, 0.05) is 19.1 Å². The van der Waals surface area contributed by atoms with E-state index in [4.69, 9.17) is 4.42 Å². The lowest BCUT2D eigenvalue weighted by atomic mass is 10.1. The fourth-order valence-electron chi connectivity index (χ4n) is 3.00. The van der Waals surface area contributed by atoms with E-state index in [1.807, 2.05) is 0 Å². The monoisotopic (exact) mass is 380 g/mol. The predicted molar refractivity (Wildman–Crippen MR) is 93.8 cm³/mol. The van der Waals surface area contributed by atoms with Gasteiger partial charge in [-0.2, -0.15) is 4.31 Å². The number of piperidine rings is 1. The van der Waals surface area contributed by atoms with E-state index in [0.29, 0.717) is 24.2 Å². The van der Waals surface area contributed by atoms with E-state index in [2.05, 4.69) is 5.32 Å². The Bertz CT molecular complexity index is 915. The standard InChI is InChI=1S/C18H21FN2O4S/c1-12-3-5-15(19)17(11-12)26(23,24)21-9-7-14(8-10-21)20-18(22)16-6-4-13(2)25-16/h3-6,11,14H,7-10H2,1-2H3,(H,20,22). The predicted octanol–water partition coefficient (Wildman–Crippen LogP) is 2.62. The number of rotatable bonds is 4. The Morgan fingerprint density at radius 3 is 2.50 bits per heavy atom. The highest BCUT2D eigenvalue weighted by Gasteiger charge is 2.32. The van der Waals surface area contributed by atoms with Crippen LogP contribution in [0.1, 0.15) is 34.7 Å². The topological polar surface area (TPSA) is 79.6 Å². The first-order valence-electron chi connectivity index (χ1n) is 8.41. The van der Waals surface area contributed by atoms with E-state index in [1.54, 1.807) is 26.0 Å². The van der Waals surface area contributed by atoms with Gasteiger partial charge in [-0.1, -0.05) is 6.07 Å². The molecule has 1 N–H and O–H groups in total. The van der Waals surface area contributed by atoms with E-state index < -0.39 is 15.8 Å². The van der Waals surface area contributed by atoms with Crippen LogP contribution in [0.2, 0.25) is 0 Å². The molecule has 0 atom stereocenters. The van der Waals surface area contributed by atoms with Crippen molar-refractivity contribution in [3.05, 3.63) is 53.2 Å². The van der Waals surface area contributed by atoms with Crippen molar-refractivity contribution in [1.82, 2.24) is 9.62 Å². The Kier molecular flexibility index (Phi) is 5.15. The molecular weight excluding hydrogens is 359 g/mol. The molecule has 1 aromatic heterocycles. The normalized spacial score (nSPS) is 16.6. The van der Waals surface area contributed by atoms with Gasteiger partial charge >= 0.3 is 0 Å². The number of furan rings is 1. The van der Waals surface area contributed by atoms with Gasteiger partial charge in [0.15, 0.2) is 5.76 Å². The van der Waals surface area contributed by atoms with Crippen molar-refractivity contribution in [2.75, 3.05) is 13.1 Å². The molecule has 1 aromatic carbocycles. The maximum Gasteiger partial charge on any atom is 0.287 e. The van der Waals surface area contributed by atoms with Crippen LogP contribution < -0.4 is 5.32 Å². The largest absolute Gasteiger partial charge is 0.456 e. The van der Waals surface area contributed by atoms with Crippen molar-refractivity contribution in [3.8, 4) is 0 Å². The first-order chi connectivity index (χ1) is 12.3. The van der Waals surface area contributed by atoms with Crippen LogP contribution in [0, 0.1) is 19.7 Å². The van der Waals surface area contributed by atoms with Gasteiger partial charge in [-0.05, 0) is 56.5 Å². The van der Waals surface area contributed by atoms with Gasteiger partial charge in [0.2, 0.25) is 10.0 Å². The minimum absolute atomic E-state index is 0.151. The fourth-order valence-corrected chi connectivity index (χ4v) is 4.62. The maximum absolute atomic E-state index is 14.0. The lowest BCUT2D eigenvalue weighted by molar-refractivity contribution is 0.0894. The molecule has 0 saturated carbocycles. The zero-order valence-corrected chi connectivity index (χ0v) is 15.5. The second-order valence-electron chi connectivity index (χ2n) is 6.50. The highest BCUT2D eigenvalue weighted by Crippen LogP contribution is 2.24. The summed E-state index contributed by atoms with van der Waals surface area (Å²) in [6, 6.07) is 7.21. The van der Waals surface area contributed by atoms with Crippen LogP contribution >= 0.6 is 0 Å². The van der Waals surface area contributed by atoms with Gasteiger partial charge in [-0.15, -0.1) is 0 Å². The summed E-state index contributed by atoms with van der Waals surface area (Å²) >= 11 is 0. The van der Waals surface area contributed by atoms with Crippen LogP contribution in [-0.4, -0.2) is 37.8 Å². The first kappa shape index (κ1) is 18.6. The van der Waals surface area contributed by atoms with Crippen molar-refractivity contribution < 1.29 is 22.0 Å². The Balaban J connectivity index is 1.64. The van der Waals surface area contributed by atoms with E-state index in [0.717, 1.165) is 0 Å². The third kappa shape index (κ3) is 3.81. The lowest BCUT2D eigenvalue weighted by Crippen LogP contribution is -2.46. The molecule has 2 aromatic rings. The molecule has 1 fully saturated rings. The summed E-state index contributed by atoms with van der Waals surface area (Å²) in [6.07, 6.45) is 0.913. The summed E-state index contributed by atoms with van der Waals surface area (Å²) in [7, 11) is -3.89. The zero-order valence-electron chi connectivity index (χ0n) is 14.7. The maximum atomic E-state index is 14.0. The van der Waals surface area contributed by atoms with Crippen molar-refractivity contribution >= 4 is 15.9 Å². The van der Waals surface area contributed by atoms with Crippen molar-refractivity contribution in [2.24, 2.45) is 0 Å². The second-order valence-corrected chi connectivity index (χ2v) is 8.40. The van der Waals surface area contributed by atoms with Crippen LogP contribution in [0.4, 0.5) is 4.39 Å². The number of benzene rings is 1. The number of carbonyl (C=O) groups is 1. The molecule has 2 heterocycles. The lowest BCUT2D eigenvalue weighted by Gasteiger charge is -2.31. The highest BCUT2D eigenvalue weighted by molar-refractivity contribution is 7.89. The number of nitrogens with zero attached hydrogens (tertiary/aromatic N) is 1. The molecular formula is C18H21FN2O4S. The molecule has 1 amide bonds. The molecule has 0 unspecified atom stereocenters. The van der Waals surface area contributed by atoms with Crippen LogP contribution in [0.25, 0.3) is 0 Å². The van der Waals surface area contributed by atoms with E-state index in [1.165, 1.54) is 22.5 Å². The molecule has 0 radical (unpaired) electrons. The molecule has 1 aliphatic rings. The number of amides is 1. The first-order valence-corrected chi connectivity index (χ1v) is 9.85.